The fourth-order valence-corrected chi connectivity index (χ4v) is 2.36. The summed E-state index contributed by atoms with van der Waals surface area (Å²) in [4.78, 5) is 29.0. The number of nitrogens with one attached hydrogen (secondary N) is 2. The van der Waals surface area contributed by atoms with Gasteiger partial charge in [0.15, 0.2) is 5.13 Å². The van der Waals surface area contributed by atoms with Gasteiger partial charge in [0.25, 0.3) is 0 Å². The lowest BCUT2D eigenvalue weighted by molar-refractivity contribution is -0.119. The Balaban J connectivity index is 2.71. The van der Waals surface area contributed by atoms with Gasteiger partial charge in [-0.2, -0.15) is 0 Å². The summed E-state index contributed by atoms with van der Waals surface area (Å²) in [5.74, 6) is -0.344. The number of thiazole rings is 1. The Hall–Kier alpha value is -1.63. The quantitative estimate of drug-likeness (QED) is 0.875. The highest BCUT2D eigenvalue weighted by Gasteiger charge is 2.25. The maximum Gasteiger partial charge on any atom is 0.407 e. The van der Waals surface area contributed by atoms with Crippen molar-refractivity contribution >= 4 is 28.5 Å². The van der Waals surface area contributed by atoms with Crippen LogP contribution >= 0.6 is 11.3 Å². The second-order valence-corrected chi connectivity index (χ2v) is 5.94. The van der Waals surface area contributed by atoms with Gasteiger partial charge < -0.3 is 15.4 Å². The molecule has 0 aliphatic rings. The Morgan fingerprint density at radius 3 is 2.45 bits per heavy atom. The minimum Gasteiger partial charge on any atom is -0.450 e. The molecular formula is C13H21N3O3S. The molecule has 112 valence electrons. The molecule has 0 aromatic carbocycles. The number of carbonyl (C=O) groups excluding carboxylic acids is 2. The summed E-state index contributed by atoms with van der Waals surface area (Å²) >= 11 is 1.41. The number of aromatic nitrogens is 1. The van der Waals surface area contributed by atoms with Crippen LogP contribution in [0.15, 0.2) is 0 Å². The Kier molecular flexibility index (Phi) is 5.94. The summed E-state index contributed by atoms with van der Waals surface area (Å²) in [6.07, 6.45) is -0.590. The smallest absolute Gasteiger partial charge is 0.407 e. The predicted octanol–water partition coefficient (Wildman–Crippen LogP) is 2.47. The predicted molar refractivity (Wildman–Crippen MR) is 79.0 cm³/mol. The largest absolute Gasteiger partial charge is 0.450 e. The molecule has 0 saturated carbocycles. The zero-order chi connectivity index (χ0) is 15.3. The average Bonchev–Trinajstić information content (AvgIpc) is 2.65. The minimum atomic E-state index is -0.654. The Morgan fingerprint density at radius 2 is 2.00 bits per heavy atom. The third-order valence-electron chi connectivity index (χ3n) is 2.76. The van der Waals surface area contributed by atoms with E-state index in [4.69, 9.17) is 4.74 Å². The fourth-order valence-electron chi connectivity index (χ4n) is 1.54. The molecule has 0 bridgehead atoms. The van der Waals surface area contributed by atoms with Gasteiger partial charge in [-0.1, -0.05) is 13.8 Å². The van der Waals surface area contributed by atoms with Gasteiger partial charge in [0, 0.05) is 4.88 Å². The van der Waals surface area contributed by atoms with E-state index in [0.29, 0.717) is 5.13 Å². The number of carbonyl (C=O) groups is 2. The molecule has 2 amide bonds. The number of aryl methyl sites for hydroxylation is 2. The van der Waals surface area contributed by atoms with E-state index in [2.05, 4.69) is 15.6 Å². The lowest BCUT2D eigenvalue weighted by Crippen LogP contribution is -2.47. The number of nitrogens with zero attached hydrogens (tertiary/aromatic N) is 1. The van der Waals surface area contributed by atoms with Crippen LogP contribution in [-0.2, 0) is 9.53 Å². The van der Waals surface area contributed by atoms with Crippen molar-refractivity contribution in [3.8, 4) is 0 Å². The molecule has 0 saturated heterocycles. The van der Waals surface area contributed by atoms with E-state index in [1.807, 2.05) is 27.7 Å². The van der Waals surface area contributed by atoms with Gasteiger partial charge in [0.1, 0.15) is 6.04 Å². The molecule has 0 aliphatic carbocycles. The number of anilines is 1. The molecule has 1 rings (SSSR count). The van der Waals surface area contributed by atoms with Crippen LogP contribution in [-0.4, -0.2) is 29.6 Å². The van der Waals surface area contributed by atoms with E-state index >= 15 is 0 Å². The second-order valence-electron chi connectivity index (χ2n) is 4.74. The van der Waals surface area contributed by atoms with Gasteiger partial charge in [0.05, 0.1) is 12.3 Å². The zero-order valence-electron chi connectivity index (χ0n) is 12.4. The summed E-state index contributed by atoms with van der Waals surface area (Å²) in [7, 11) is 0. The molecule has 0 unspecified atom stereocenters. The van der Waals surface area contributed by atoms with Crippen LogP contribution in [0.3, 0.4) is 0 Å². The molecule has 0 aliphatic heterocycles. The molecule has 6 nitrogen and oxygen atoms in total. The Morgan fingerprint density at radius 1 is 1.35 bits per heavy atom. The van der Waals surface area contributed by atoms with E-state index in [-0.39, 0.29) is 18.4 Å². The third kappa shape index (κ3) is 4.48. The van der Waals surface area contributed by atoms with Crippen LogP contribution in [0.4, 0.5) is 9.93 Å². The standard InChI is InChI=1S/C13H21N3O3S/c1-6-19-13(18)15-10(7(2)3)11(17)16-12-14-8(4)9(5)20-12/h7,10H,6H2,1-5H3,(H,15,18)(H,14,16,17)/t10-/m1/s1. The molecule has 2 N–H and O–H groups in total. The molecule has 1 aromatic rings. The van der Waals surface area contributed by atoms with Gasteiger partial charge in [-0.15, -0.1) is 11.3 Å². The normalized spacial score (nSPS) is 12.1. The molecule has 0 spiro atoms. The lowest BCUT2D eigenvalue weighted by atomic mass is 10.0. The molecule has 1 atom stereocenters. The number of amides is 2. The highest BCUT2D eigenvalue weighted by atomic mass is 32.1. The first-order valence-electron chi connectivity index (χ1n) is 6.53. The van der Waals surface area contributed by atoms with Crippen molar-refractivity contribution in [3.05, 3.63) is 10.6 Å². The molecule has 20 heavy (non-hydrogen) atoms. The number of hydrogen-bond acceptors (Lipinski definition) is 5. The van der Waals surface area contributed by atoms with Crippen molar-refractivity contribution in [1.82, 2.24) is 10.3 Å². The summed E-state index contributed by atoms with van der Waals surface area (Å²) in [5.41, 5.74) is 0.893. The Labute approximate surface area is 122 Å². The average molecular weight is 299 g/mol. The van der Waals surface area contributed by atoms with E-state index < -0.39 is 12.1 Å². The van der Waals surface area contributed by atoms with Crippen LogP contribution < -0.4 is 10.6 Å². The number of alkyl carbamates (subject to hydrolysis) is 1. The van der Waals surface area contributed by atoms with Crippen LogP contribution in [0.2, 0.25) is 0 Å². The van der Waals surface area contributed by atoms with E-state index in [9.17, 15) is 9.59 Å². The molecule has 1 aromatic heterocycles. The molecular weight excluding hydrogens is 278 g/mol. The van der Waals surface area contributed by atoms with E-state index in [1.54, 1.807) is 6.92 Å². The van der Waals surface area contributed by atoms with Crippen LogP contribution in [0.5, 0.6) is 0 Å². The van der Waals surface area contributed by atoms with Crippen LogP contribution in [0.25, 0.3) is 0 Å². The summed E-state index contributed by atoms with van der Waals surface area (Å²) in [5, 5.41) is 5.84. The van der Waals surface area contributed by atoms with Crippen molar-refractivity contribution in [2.45, 2.75) is 40.7 Å². The number of ether oxygens (including phenoxy) is 1. The van der Waals surface area contributed by atoms with E-state index in [1.165, 1.54) is 11.3 Å². The first-order valence-corrected chi connectivity index (χ1v) is 7.35. The molecule has 1 heterocycles. The van der Waals surface area contributed by atoms with Gasteiger partial charge >= 0.3 is 6.09 Å². The summed E-state index contributed by atoms with van der Waals surface area (Å²) in [6.45, 7) is 9.52. The molecule has 0 fully saturated rings. The summed E-state index contributed by atoms with van der Waals surface area (Å²) in [6, 6.07) is -0.654. The topological polar surface area (TPSA) is 80.3 Å². The first-order chi connectivity index (χ1) is 9.35. The highest BCUT2D eigenvalue weighted by molar-refractivity contribution is 7.15. The van der Waals surface area contributed by atoms with E-state index in [0.717, 1.165) is 10.6 Å². The number of rotatable bonds is 5. The zero-order valence-corrected chi connectivity index (χ0v) is 13.3. The van der Waals surface area contributed by atoms with Crippen molar-refractivity contribution in [3.63, 3.8) is 0 Å². The van der Waals surface area contributed by atoms with Crippen LogP contribution in [0.1, 0.15) is 31.3 Å². The van der Waals surface area contributed by atoms with Gasteiger partial charge in [-0.25, -0.2) is 9.78 Å². The van der Waals surface area contributed by atoms with Gasteiger partial charge in [0.2, 0.25) is 5.91 Å². The monoisotopic (exact) mass is 299 g/mol. The first kappa shape index (κ1) is 16.4. The van der Waals surface area contributed by atoms with Crippen molar-refractivity contribution in [2.24, 2.45) is 5.92 Å². The van der Waals surface area contributed by atoms with Crippen molar-refractivity contribution < 1.29 is 14.3 Å². The molecule has 0 radical (unpaired) electrons. The molecule has 7 heteroatoms. The lowest BCUT2D eigenvalue weighted by Gasteiger charge is -2.20. The summed E-state index contributed by atoms with van der Waals surface area (Å²) < 4.78 is 4.80. The Bertz CT molecular complexity index is 466. The van der Waals surface area contributed by atoms with Gasteiger partial charge in [-0.05, 0) is 26.7 Å². The van der Waals surface area contributed by atoms with Crippen molar-refractivity contribution in [1.29, 1.82) is 0 Å². The third-order valence-corrected chi connectivity index (χ3v) is 3.74. The minimum absolute atomic E-state index is 0.0541. The number of hydrogen-bond donors (Lipinski definition) is 2. The van der Waals surface area contributed by atoms with Crippen molar-refractivity contribution in [2.75, 3.05) is 11.9 Å². The SMILES string of the molecule is CCOC(=O)N[C@@H](C(=O)Nc1nc(C)c(C)s1)C(C)C. The maximum atomic E-state index is 12.2. The second kappa shape index (κ2) is 7.23. The van der Waals surface area contributed by atoms with Gasteiger partial charge in [-0.3, -0.25) is 4.79 Å². The van der Waals surface area contributed by atoms with Crippen LogP contribution in [0, 0.1) is 19.8 Å². The fraction of sp³-hybridized carbons (Fsp3) is 0.615. The highest BCUT2D eigenvalue weighted by Crippen LogP contribution is 2.21. The maximum absolute atomic E-state index is 12.2.